The molecule has 0 atom stereocenters. The summed E-state index contributed by atoms with van der Waals surface area (Å²) in [6, 6.07) is 0. The van der Waals surface area contributed by atoms with Gasteiger partial charge in [0.05, 0.1) is 5.69 Å². The Bertz CT molecular complexity index is 651. The Morgan fingerprint density at radius 2 is 2.05 bits per heavy atom. The molecule has 0 aromatic carbocycles. The molecule has 2 aromatic rings. The Labute approximate surface area is 122 Å². The molecule has 0 aliphatic heterocycles. The first-order chi connectivity index (χ1) is 9.70. The normalized spacial score (nSPS) is 12.1. The zero-order chi connectivity index (χ0) is 15.8. The third kappa shape index (κ3) is 3.09. The highest BCUT2D eigenvalue weighted by molar-refractivity contribution is 5.86. The molecule has 1 N–H and O–H groups in total. The maximum atomic E-state index is 11.2. The summed E-state index contributed by atoms with van der Waals surface area (Å²) >= 11 is 0. The van der Waals surface area contributed by atoms with Crippen molar-refractivity contribution in [3.63, 3.8) is 0 Å². The molecule has 0 fully saturated rings. The lowest BCUT2D eigenvalue weighted by Crippen LogP contribution is -2.13. The maximum absolute atomic E-state index is 11.2. The van der Waals surface area contributed by atoms with Crippen LogP contribution in [0.1, 0.15) is 68.4 Å². The van der Waals surface area contributed by atoms with Crippen molar-refractivity contribution in [2.75, 3.05) is 0 Å². The smallest absolute Gasteiger partial charge is 0.358 e. The fourth-order valence-electron chi connectivity index (χ4n) is 1.92. The predicted molar refractivity (Wildman–Crippen MR) is 73.2 cm³/mol. The molecule has 8 nitrogen and oxygen atoms in total. The van der Waals surface area contributed by atoms with Crippen LogP contribution < -0.4 is 0 Å². The van der Waals surface area contributed by atoms with Gasteiger partial charge >= 0.3 is 5.97 Å². The molecule has 2 heterocycles. The average Bonchev–Trinajstić information content (AvgIpc) is 2.94. The van der Waals surface area contributed by atoms with Crippen molar-refractivity contribution in [1.29, 1.82) is 0 Å². The van der Waals surface area contributed by atoms with Crippen molar-refractivity contribution < 1.29 is 14.4 Å². The van der Waals surface area contributed by atoms with Crippen LogP contribution in [0.4, 0.5) is 0 Å². The highest BCUT2D eigenvalue weighted by Gasteiger charge is 2.25. The second-order valence-electron chi connectivity index (χ2n) is 6.21. The summed E-state index contributed by atoms with van der Waals surface area (Å²) in [5, 5.41) is 20.7. The number of aromatic carboxylic acids is 1. The fraction of sp³-hybridized carbons (Fsp3) is 0.615. The molecule has 0 saturated carbocycles. The first-order valence-electron chi connectivity index (χ1n) is 6.70. The highest BCUT2D eigenvalue weighted by atomic mass is 16.5. The molecular formula is C13H19N5O3. The van der Waals surface area contributed by atoms with E-state index in [1.165, 1.54) is 4.68 Å². The molecule has 0 radical (unpaired) electrons. The molecule has 114 valence electrons. The summed E-state index contributed by atoms with van der Waals surface area (Å²) < 4.78 is 6.72. The lowest BCUT2D eigenvalue weighted by molar-refractivity contribution is 0.0688. The van der Waals surface area contributed by atoms with E-state index >= 15 is 0 Å². The zero-order valence-electron chi connectivity index (χ0n) is 12.8. The van der Waals surface area contributed by atoms with E-state index in [9.17, 15) is 4.79 Å². The van der Waals surface area contributed by atoms with Crippen molar-refractivity contribution in [3.05, 3.63) is 23.1 Å². The molecule has 0 saturated heterocycles. The quantitative estimate of drug-likeness (QED) is 0.916. The molecule has 0 unspecified atom stereocenters. The number of nitrogens with zero attached hydrogens (tertiary/aromatic N) is 5. The average molecular weight is 293 g/mol. The summed E-state index contributed by atoms with van der Waals surface area (Å²) in [6.45, 7) is 9.93. The van der Waals surface area contributed by atoms with Crippen molar-refractivity contribution >= 4 is 5.97 Å². The largest absolute Gasteiger partial charge is 0.476 e. The number of carboxylic acids is 1. The van der Waals surface area contributed by atoms with Gasteiger partial charge in [-0.15, -0.1) is 5.10 Å². The number of carbonyl (C=O) groups is 1. The minimum atomic E-state index is -1.09. The van der Waals surface area contributed by atoms with E-state index in [-0.39, 0.29) is 23.6 Å². The molecule has 0 spiro atoms. The Morgan fingerprint density at radius 1 is 1.38 bits per heavy atom. The Kier molecular flexibility index (Phi) is 3.80. The van der Waals surface area contributed by atoms with Gasteiger partial charge in [0, 0.05) is 5.41 Å². The molecule has 2 aromatic heterocycles. The third-order valence-corrected chi connectivity index (χ3v) is 2.92. The summed E-state index contributed by atoms with van der Waals surface area (Å²) in [5.41, 5.74) is 0.273. The monoisotopic (exact) mass is 293 g/mol. The minimum absolute atomic E-state index is 0.0277. The standard InChI is InChI=1S/C13H19N5O3/c1-7(2)10-9(11(19)20)15-17-18(10)6-8-14-12(21-16-8)13(3,4)5/h7H,6H2,1-5H3,(H,19,20). The molecule has 21 heavy (non-hydrogen) atoms. The Morgan fingerprint density at radius 3 is 2.52 bits per heavy atom. The summed E-state index contributed by atoms with van der Waals surface area (Å²) in [5.74, 6) is -0.139. The van der Waals surface area contributed by atoms with Crippen LogP contribution in [0.15, 0.2) is 4.52 Å². The SMILES string of the molecule is CC(C)c1c(C(=O)O)nnn1Cc1noc(C(C)(C)C)n1. The molecule has 0 aliphatic carbocycles. The van der Waals surface area contributed by atoms with Crippen LogP contribution in [0, 0.1) is 0 Å². The van der Waals surface area contributed by atoms with Crippen LogP contribution in [0.3, 0.4) is 0 Å². The summed E-state index contributed by atoms with van der Waals surface area (Å²) in [4.78, 5) is 15.5. The van der Waals surface area contributed by atoms with Gasteiger partial charge in [0.2, 0.25) is 5.89 Å². The van der Waals surface area contributed by atoms with Crippen LogP contribution in [0.2, 0.25) is 0 Å². The van der Waals surface area contributed by atoms with E-state index in [1.807, 2.05) is 34.6 Å². The lowest BCUT2D eigenvalue weighted by atomic mass is 9.97. The topological polar surface area (TPSA) is 107 Å². The van der Waals surface area contributed by atoms with E-state index in [0.717, 1.165) is 0 Å². The zero-order valence-corrected chi connectivity index (χ0v) is 12.8. The van der Waals surface area contributed by atoms with Crippen molar-refractivity contribution in [2.24, 2.45) is 0 Å². The highest BCUT2D eigenvalue weighted by Crippen LogP contribution is 2.21. The maximum Gasteiger partial charge on any atom is 0.358 e. The van der Waals surface area contributed by atoms with Gasteiger partial charge in [-0.25, -0.2) is 9.48 Å². The van der Waals surface area contributed by atoms with Crippen LogP contribution in [0.25, 0.3) is 0 Å². The molecule has 8 heteroatoms. The van der Waals surface area contributed by atoms with Gasteiger partial charge in [0.25, 0.3) is 0 Å². The van der Waals surface area contributed by atoms with Gasteiger partial charge in [0.15, 0.2) is 11.5 Å². The molecule has 2 rings (SSSR count). The second kappa shape index (κ2) is 5.27. The van der Waals surface area contributed by atoms with E-state index < -0.39 is 5.97 Å². The van der Waals surface area contributed by atoms with Crippen LogP contribution in [-0.4, -0.2) is 36.2 Å². The second-order valence-corrected chi connectivity index (χ2v) is 6.21. The van der Waals surface area contributed by atoms with Crippen LogP contribution >= 0.6 is 0 Å². The van der Waals surface area contributed by atoms with Gasteiger partial charge < -0.3 is 9.63 Å². The van der Waals surface area contributed by atoms with Crippen molar-refractivity contribution in [1.82, 2.24) is 25.1 Å². The number of carboxylic acid groups (broad SMARTS) is 1. The first kappa shape index (κ1) is 15.1. The minimum Gasteiger partial charge on any atom is -0.476 e. The summed E-state index contributed by atoms with van der Waals surface area (Å²) in [7, 11) is 0. The van der Waals surface area contributed by atoms with Gasteiger partial charge in [-0.3, -0.25) is 0 Å². The Hall–Kier alpha value is -2.25. The molecular weight excluding hydrogens is 274 g/mol. The summed E-state index contributed by atoms with van der Waals surface area (Å²) in [6.07, 6.45) is 0. The number of hydrogen-bond acceptors (Lipinski definition) is 6. The van der Waals surface area contributed by atoms with Gasteiger partial charge in [-0.05, 0) is 5.92 Å². The first-order valence-corrected chi connectivity index (χ1v) is 6.70. The predicted octanol–water partition coefficient (Wildman–Crippen LogP) is 1.83. The number of hydrogen-bond donors (Lipinski definition) is 1. The van der Waals surface area contributed by atoms with E-state index in [1.54, 1.807) is 0 Å². The number of aromatic nitrogens is 5. The van der Waals surface area contributed by atoms with Crippen LogP contribution in [-0.2, 0) is 12.0 Å². The molecule has 0 aliphatic rings. The third-order valence-electron chi connectivity index (χ3n) is 2.92. The van der Waals surface area contributed by atoms with E-state index in [0.29, 0.717) is 17.4 Å². The lowest BCUT2D eigenvalue weighted by Gasteiger charge is -2.10. The van der Waals surface area contributed by atoms with E-state index in [2.05, 4.69) is 20.5 Å². The van der Waals surface area contributed by atoms with E-state index in [4.69, 9.17) is 9.63 Å². The molecule has 0 bridgehead atoms. The Balaban J connectivity index is 2.32. The van der Waals surface area contributed by atoms with Gasteiger partial charge in [-0.2, -0.15) is 4.98 Å². The van der Waals surface area contributed by atoms with Gasteiger partial charge in [0.1, 0.15) is 6.54 Å². The number of rotatable bonds is 4. The fourth-order valence-corrected chi connectivity index (χ4v) is 1.92. The van der Waals surface area contributed by atoms with Crippen LogP contribution in [0.5, 0.6) is 0 Å². The van der Waals surface area contributed by atoms with Crippen molar-refractivity contribution in [2.45, 2.75) is 52.5 Å². The molecule has 0 amide bonds. The van der Waals surface area contributed by atoms with Crippen molar-refractivity contribution in [3.8, 4) is 0 Å². The van der Waals surface area contributed by atoms with Gasteiger partial charge in [-0.1, -0.05) is 45.0 Å².